The van der Waals surface area contributed by atoms with Gasteiger partial charge < -0.3 is 14.5 Å². The van der Waals surface area contributed by atoms with Gasteiger partial charge in [0.1, 0.15) is 11.6 Å². The van der Waals surface area contributed by atoms with Crippen LogP contribution in [-0.2, 0) is 16.1 Å². The summed E-state index contributed by atoms with van der Waals surface area (Å²) in [4.78, 5) is 16.2. The van der Waals surface area contributed by atoms with Crippen LogP contribution in [0.4, 0.5) is 14.7 Å². The van der Waals surface area contributed by atoms with Crippen LogP contribution in [0.15, 0.2) is 53.7 Å². The summed E-state index contributed by atoms with van der Waals surface area (Å²) >= 11 is 1.21. The van der Waals surface area contributed by atoms with E-state index in [1.54, 1.807) is 41.9 Å². The second kappa shape index (κ2) is 10.1. The molecule has 0 radical (unpaired) electrons. The van der Waals surface area contributed by atoms with Gasteiger partial charge >= 0.3 is 0 Å². The summed E-state index contributed by atoms with van der Waals surface area (Å²) in [6, 6.07) is 12.5. The van der Waals surface area contributed by atoms with Crippen LogP contribution >= 0.6 is 11.8 Å². The predicted octanol–water partition coefficient (Wildman–Crippen LogP) is 3.13. The van der Waals surface area contributed by atoms with Gasteiger partial charge in [-0.25, -0.2) is 8.78 Å². The molecule has 2 aromatic carbocycles. The summed E-state index contributed by atoms with van der Waals surface area (Å²) in [5.74, 6) is -0.239. The first-order chi connectivity index (χ1) is 15.5. The van der Waals surface area contributed by atoms with Crippen molar-refractivity contribution in [3.63, 3.8) is 0 Å². The monoisotopic (exact) mass is 459 g/mol. The summed E-state index contributed by atoms with van der Waals surface area (Å²) in [6.45, 7) is 2.59. The van der Waals surface area contributed by atoms with Crippen molar-refractivity contribution in [1.82, 2.24) is 19.7 Å². The van der Waals surface area contributed by atoms with E-state index in [0.717, 1.165) is 0 Å². The Balaban J connectivity index is 1.52. The molecule has 0 unspecified atom stereocenters. The fraction of sp³-hybridized carbons (Fsp3) is 0.318. The smallest absolute Gasteiger partial charge is 0.233 e. The molecule has 3 aromatic rings. The van der Waals surface area contributed by atoms with Crippen molar-refractivity contribution in [3.05, 3.63) is 65.7 Å². The zero-order valence-electron chi connectivity index (χ0n) is 17.6. The van der Waals surface area contributed by atoms with E-state index in [0.29, 0.717) is 48.7 Å². The maximum atomic E-state index is 13.9. The van der Waals surface area contributed by atoms with E-state index >= 15 is 0 Å². The lowest BCUT2D eigenvalue weighted by molar-refractivity contribution is -0.127. The minimum absolute atomic E-state index is 0.0848. The van der Waals surface area contributed by atoms with Gasteiger partial charge in [0.05, 0.1) is 24.7 Å². The Labute approximate surface area is 189 Å². The Bertz CT molecular complexity index is 1090. The van der Waals surface area contributed by atoms with Crippen molar-refractivity contribution in [3.8, 4) is 5.69 Å². The van der Waals surface area contributed by atoms with Gasteiger partial charge in [0.25, 0.3) is 0 Å². The third kappa shape index (κ3) is 5.08. The molecular weight excluding hydrogens is 436 g/mol. The number of halogens is 2. The molecule has 0 N–H and O–H groups in total. The van der Waals surface area contributed by atoms with Crippen LogP contribution in [-0.4, -0.2) is 64.7 Å². The number of aromatic nitrogens is 3. The van der Waals surface area contributed by atoms with Crippen molar-refractivity contribution in [2.75, 3.05) is 44.0 Å². The van der Waals surface area contributed by atoms with Crippen molar-refractivity contribution in [2.45, 2.75) is 11.7 Å². The number of morpholine rings is 1. The highest BCUT2D eigenvalue weighted by molar-refractivity contribution is 7.99. The fourth-order valence-electron chi connectivity index (χ4n) is 3.37. The van der Waals surface area contributed by atoms with Crippen LogP contribution in [0, 0.1) is 11.6 Å². The highest BCUT2D eigenvalue weighted by atomic mass is 32.2. The first-order valence-electron chi connectivity index (χ1n) is 10.2. The van der Waals surface area contributed by atoms with E-state index in [2.05, 4.69) is 10.2 Å². The number of carbonyl (C=O) groups is 1. The lowest BCUT2D eigenvalue weighted by Crippen LogP contribution is -2.37. The molecule has 10 heteroatoms. The Hall–Kier alpha value is -2.98. The Kier molecular flexibility index (Phi) is 7.01. The van der Waals surface area contributed by atoms with Crippen molar-refractivity contribution < 1.29 is 18.3 Å². The van der Waals surface area contributed by atoms with E-state index in [-0.39, 0.29) is 29.8 Å². The number of hydrogen-bond donors (Lipinski definition) is 0. The molecule has 1 aliphatic heterocycles. The average Bonchev–Trinajstić information content (AvgIpc) is 3.23. The fourth-order valence-corrected chi connectivity index (χ4v) is 4.26. The van der Waals surface area contributed by atoms with Crippen molar-refractivity contribution >= 4 is 23.6 Å². The van der Waals surface area contributed by atoms with Crippen LogP contribution in [0.2, 0.25) is 0 Å². The molecule has 0 aliphatic carbocycles. The SMILES string of the molecule is CN(Cc1ccccc1F)C(=O)CSc1nnc(N2CCOCC2)n1-c1cccc(F)c1. The number of hydrogen-bond acceptors (Lipinski definition) is 6. The lowest BCUT2D eigenvalue weighted by Gasteiger charge is -2.28. The quantitative estimate of drug-likeness (QED) is 0.506. The van der Waals surface area contributed by atoms with E-state index in [1.807, 2.05) is 4.90 Å². The standard InChI is InChI=1S/C22H23F2N5O2S/c1-27(14-16-5-2-3-8-19(16)24)20(30)15-32-22-26-25-21(28-9-11-31-12-10-28)29(22)18-7-4-6-17(23)13-18/h2-8,13H,9-12,14-15H2,1H3. The van der Waals surface area contributed by atoms with Crippen LogP contribution in [0.25, 0.3) is 5.69 Å². The Morgan fingerprint density at radius 2 is 1.91 bits per heavy atom. The topological polar surface area (TPSA) is 63.5 Å². The van der Waals surface area contributed by atoms with E-state index < -0.39 is 0 Å². The molecule has 0 spiro atoms. The number of carbonyl (C=O) groups excluding carboxylic acids is 1. The summed E-state index contributed by atoms with van der Waals surface area (Å²) < 4.78 is 35.0. The van der Waals surface area contributed by atoms with Gasteiger partial charge in [-0.3, -0.25) is 9.36 Å². The third-order valence-electron chi connectivity index (χ3n) is 5.09. The highest BCUT2D eigenvalue weighted by Gasteiger charge is 2.23. The minimum Gasteiger partial charge on any atom is -0.378 e. The summed E-state index contributed by atoms with van der Waals surface area (Å²) in [6.07, 6.45) is 0. The molecule has 7 nitrogen and oxygen atoms in total. The minimum atomic E-state index is -0.374. The van der Waals surface area contributed by atoms with Crippen molar-refractivity contribution in [2.24, 2.45) is 0 Å². The van der Waals surface area contributed by atoms with E-state index in [1.165, 1.54) is 34.9 Å². The number of ether oxygens (including phenoxy) is 1. The van der Waals surface area contributed by atoms with Crippen LogP contribution in [0.5, 0.6) is 0 Å². The Morgan fingerprint density at radius 1 is 1.12 bits per heavy atom. The molecule has 0 atom stereocenters. The van der Waals surface area contributed by atoms with Gasteiger partial charge in [0, 0.05) is 32.2 Å². The molecule has 0 saturated carbocycles. The van der Waals surface area contributed by atoms with Gasteiger partial charge in [-0.2, -0.15) is 0 Å². The molecule has 1 fully saturated rings. The van der Waals surface area contributed by atoms with E-state index in [4.69, 9.17) is 4.74 Å². The summed E-state index contributed by atoms with van der Waals surface area (Å²) in [5, 5.41) is 9.06. The molecule has 1 amide bonds. The van der Waals surface area contributed by atoms with Gasteiger partial charge in [-0.05, 0) is 24.3 Å². The Morgan fingerprint density at radius 3 is 2.66 bits per heavy atom. The molecule has 0 bridgehead atoms. The van der Waals surface area contributed by atoms with Gasteiger partial charge in [0.15, 0.2) is 5.16 Å². The third-order valence-corrected chi connectivity index (χ3v) is 6.01. The molecule has 2 heterocycles. The van der Waals surface area contributed by atoms with Gasteiger partial charge in [-0.15, -0.1) is 10.2 Å². The maximum Gasteiger partial charge on any atom is 0.233 e. The zero-order chi connectivity index (χ0) is 22.5. The number of benzene rings is 2. The van der Waals surface area contributed by atoms with Gasteiger partial charge in [0.2, 0.25) is 11.9 Å². The number of anilines is 1. The molecule has 1 aliphatic rings. The molecule has 1 saturated heterocycles. The number of nitrogens with zero attached hydrogens (tertiary/aromatic N) is 5. The molecular formula is C22H23F2N5O2S. The first kappa shape index (κ1) is 22.2. The van der Waals surface area contributed by atoms with Crippen LogP contribution in [0.1, 0.15) is 5.56 Å². The lowest BCUT2D eigenvalue weighted by atomic mass is 10.2. The van der Waals surface area contributed by atoms with Crippen LogP contribution in [0.3, 0.4) is 0 Å². The van der Waals surface area contributed by atoms with Crippen LogP contribution < -0.4 is 4.90 Å². The predicted molar refractivity (Wildman–Crippen MR) is 118 cm³/mol. The largest absolute Gasteiger partial charge is 0.378 e. The second-order valence-electron chi connectivity index (χ2n) is 7.33. The first-order valence-corrected chi connectivity index (χ1v) is 11.2. The van der Waals surface area contributed by atoms with E-state index in [9.17, 15) is 13.6 Å². The summed E-state index contributed by atoms with van der Waals surface area (Å²) in [5.41, 5.74) is 1.03. The highest BCUT2D eigenvalue weighted by Crippen LogP contribution is 2.28. The average molecular weight is 460 g/mol. The molecule has 4 rings (SSSR count). The number of amides is 1. The molecule has 1 aromatic heterocycles. The van der Waals surface area contributed by atoms with Crippen molar-refractivity contribution in [1.29, 1.82) is 0 Å². The van der Waals surface area contributed by atoms with Gasteiger partial charge in [-0.1, -0.05) is 36.0 Å². The molecule has 168 valence electrons. The number of rotatable bonds is 7. The maximum absolute atomic E-state index is 13.9. The zero-order valence-corrected chi connectivity index (χ0v) is 18.4. The summed E-state index contributed by atoms with van der Waals surface area (Å²) in [7, 11) is 1.63. The molecule has 32 heavy (non-hydrogen) atoms. The number of thioether (sulfide) groups is 1. The second-order valence-corrected chi connectivity index (χ2v) is 8.27. The normalized spacial score (nSPS) is 13.9.